The van der Waals surface area contributed by atoms with Crippen molar-refractivity contribution in [3.8, 4) is 0 Å². The summed E-state index contributed by atoms with van der Waals surface area (Å²) >= 11 is 1.18. The number of benzene rings is 1. The minimum Gasteiger partial charge on any atom is -0.469 e. The lowest BCUT2D eigenvalue weighted by Crippen LogP contribution is -2.45. The van der Waals surface area contributed by atoms with E-state index < -0.39 is 5.12 Å². The second-order valence-electron chi connectivity index (χ2n) is 6.73. The molecule has 0 radical (unpaired) electrons. The number of carbonyl (C=O) groups excluding carboxylic acids is 1. The molecule has 1 fully saturated rings. The number of aliphatic hydroxyl groups is 2. The van der Waals surface area contributed by atoms with E-state index in [1.807, 2.05) is 32.0 Å². The average Bonchev–Trinajstić information content (AvgIpc) is 2.60. The van der Waals surface area contributed by atoms with E-state index in [-0.39, 0.29) is 24.3 Å². The summed E-state index contributed by atoms with van der Waals surface area (Å²) < 4.78 is 4.78. The van der Waals surface area contributed by atoms with Crippen LogP contribution in [0, 0.1) is 0 Å². The molecule has 7 heteroatoms. The minimum absolute atomic E-state index is 0.0291. The van der Waals surface area contributed by atoms with E-state index in [4.69, 9.17) is 10.5 Å². The number of thioether (sulfide) groups is 1. The number of ether oxygens (including phenoxy) is 1. The highest BCUT2D eigenvalue weighted by molar-refractivity contribution is 8.00. The number of methoxy groups -OCH3 is 1. The second kappa shape index (κ2) is 8.97. The molecular weight excluding hydrogens is 352 g/mol. The lowest BCUT2D eigenvalue weighted by atomic mass is 9.92. The Kier molecular flexibility index (Phi) is 7.20. The van der Waals surface area contributed by atoms with E-state index in [1.54, 1.807) is 0 Å². The topological polar surface area (TPSA) is 96.0 Å². The molecule has 6 nitrogen and oxygen atoms in total. The predicted octanol–water partition coefficient (Wildman–Crippen LogP) is 2.69. The quantitative estimate of drug-likeness (QED) is 0.379. The molecule has 1 aliphatic heterocycles. The van der Waals surface area contributed by atoms with E-state index in [0.29, 0.717) is 17.9 Å². The molecule has 0 spiro atoms. The number of hydrogen-bond donors (Lipinski definition) is 3. The third kappa shape index (κ3) is 5.05. The Bertz CT molecular complexity index is 624. The van der Waals surface area contributed by atoms with Gasteiger partial charge in [0.15, 0.2) is 0 Å². The lowest BCUT2D eigenvalue weighted by Gasteiger charge is -2.40. The fourth-order valence-corrected chi connectivity index (χ4v) is 4.62. The predicted molar refractivity (Wildman–Crippen MR) is 106 cm³/mol. The maximum atomic E-state index is 11.6. The van der Waals surface area contributed by atoms with Crippen molar-refractivity contribution in [1.29, 1.82) is 0 Å². The molecule has 1 aromatic rings. The zero-order valence-electron chi connectivity index (χ0n) is 15.8. The Balaban J connectivity index is 2.22. The summed E-state index contributed by atoms with van der Waals surface area (Å²) in [6.45, 7) is 4.81. The first-order chi connectivity index (χ1) is 12.3. The van der Waals surface area contributed by atoms with Gasteiger partial charge in [0.05, 0.1) is 24.9 Å². The standard InChI is InChI=1S/C19H30N2O4S/c1-4-13(11-18(22)25-3)14-6-7-17(16(20)10-14)21(5-2)15-8-9-26-19(23,24)12-15/h6-7,10,13,15,23-24H,4-5,8-9,11-12,20H2,1-3H3. The van der Waals surface area contributed by atoms with Crippen LogP contribution in [0.3, 0.4) is 0 Å². The molecule has 1 aliphatic rings. The summed E-state index contributed by atoms with van der Waals surface area (Å²) in [6.07, 6.45) is 2.32. The average molecular weight is 383 g/mol. The summed E-state index contributed by atoms with van der Waals surface area (Å²) in [5, 5.41) is 18.3. The maximum absolute atomic E-state index is 11.6. The van der Waals surface area contributed by atoms with Gasteiger partial charge in [0.1, 0.15) is 0 Å². The SMILES string of the molecule is CCC(CC(=O)OC)c1ccc(N(CC)C2CCSC(O)(O)C2)c(N)c1. The Hall–Kier alpha value is -1.44. The largest absolute Gasteiger partial charge is 0.469 e. The molecule has 1 heterocycles. The molecule has 0 aromatic heterocycles. The van der Waals surface area contributed by atoms with Gasteiger partial charge in [-0.3, -0.25) is 4.79 Å². The van der Waals surface area contributed by atoms with Crippen LogP contribution in [0.25, 0.3) is 0 Å². The molecule has 0 saturated carbocycles. The molecule has 2 atom stereocenters. The molecule has 2 unspecified atom stereocenters. The van der Waals surface area contributed by atoms with E-state index in [2.05, 4.69) is 4.90 Å². The highest BCUT2D eigenvalue weighted by Gasteiger charge is 2.36. The molecule has 0 bridgehead atoms. The number of esters is 1. The molecule has 4 N–H and O–H groups in total. The highest BCUT2D eigenvalue weighted by atomic mass is 32.2. The third-order valence-corrected chi connectivity index (χ3v) is 6.10. The van der Waals surface area contributed by atoms with E-state index in [1.165, 1.54) is 18.9 Å². The smallest absolute Gasteiger partial charge is 0.306 e. The summed E-state index contributed by atoms with van der Waals surface area (Å²) in [4.78, 5) is 13.8. The van der Waals surface area contributed by atoms with E-state index in [9.17, 15) is 15.0 Å². The van der Waals surface area contributed by atoms with Gasteiger partial charge in [-0.05, 0) is 43.4 Å². The Morgan fingerprint density at radius 2 is 2.19 bits per heavy atom. The van der Waals surface area contributed by atoms with Crippen molar-refractivity contribution < 1.29 is 19.7 Å². The van der Waals surface area contributed by atoms with Crippen molar-refractivity contribution in [3.63, 3.8) is 0 Å². The first-order valence-corrected chi connectivity index (χ1v) is 10.1. The normalized spacial score (nSPS) is 20.4. The van der Waals surface area contributed by atoms with Crippen LogP contribution in [-0.2, 0) is 9.53 Å². The summed E-state index contributed by atoms with van der Waals surface area (Å²) in [5.74, 6) is 0.544. The molecule has 1 saturated heterocycles. The van der Waals surface area contributed by atoms with Gasteiger partial charge in [-0.25, -0.2) is 0 Å². The van der Waals surface area contributed by atoms with Gasteiger partial charge in [0, 0.05) is 24.8 Å². The lowest BCUT2D eigenvalue weighted by molar-refractivity contribution is -0.141. The van der Waals surface area contributed by atoms with Crippen LogP contribution < -0.4 is 10.6 Å². The summed E-state index contributed by atoms with van der Waals surface area (Å²) in [5.41, 5.74) is 8.91. The number of rotatable bonds is 7. The first-order valence-electron chi connectivity index (χ1n) is 9.12. The van der Waals surface area contributed by atoms with Gasteiger partial charge in [0.2, 0.25) is 5.12 Å². The molecule has 146 valence electrons. The molecular formula is C19H30N2O4S. The Morgan fingerprint density at radius 3 is 2.73 bits per heavy atom. The van der Waals surface area contributed by atoms with Crippen molar-refractivity contribution in [3.05, 3.63) is 23.8 Å². The second-order valence-corrected chi connectivity index (χ2v) is 8.08. The van der Waals surface area contributed by atoms with Gasteiger partial charge >= 0.3 is 5.97 Å². The molecule has 1 aromatic carbocycles. The van der Waals surface area contributed by atoms with Crippen LogP contribution >= 0.6 is 11.8 Å². The summed E-state index contributed by atoms with van der Waals surface area (Å²) in [7, 11) is 1.40. The molecule has 0 aliphatic carbocycles. The number of carbonyl (C=O) groups is 1. The van der Waals surface area contributed by atoms with Crippen LogP contribution in [0.2, 0.25) is 0 Å². The van der Waals surface area contributed by atoms with Crippen molar-refractivity contribution in [2.24, 2.45) is 0 Å². The number of nitrogen functional groups attached to an aromatic ring is 1. The van der Waals surface area contributed by atoms with E-state index in [0.717, 1.165) is 30.6 Å². The van der Waals surface area contributed by atoms with Crippen molar-refractivity contribution in [1.82, 2.24) is 0 Å². The number of hydrogen-bond acceptors (Lipinski definition) is 7. The monoisotopic (exact) mass is 382 g/mol. The molecule has 2 rings (SSSR count). The van der Waals surface area contributed by atoms with Gasteiger partial charge in [-0.15, -0.1) is 0 Å². The van der Waals surface area contributed by atoms with Crippen LogP contribution in [0.5, 0.6) is 0 Å². The van der Waals surface area contributed by atoms with Crippen LogP contribution in [0.1, 0.15) is 51.0 Å². The number of nitrogens with two attached hydrogens (primary N) is 1. The van der Waals surface area contributed by atoms with Gasteiger partial charge < -0.3 is 25.6 Å². The minimum atomic E-state index is -1.68. The van der Waals surface area contributed by atoms with Gasteiger partial charge in [0.25, 0.3) is 0 Å². The van der Waals surface area contributed by atoms with Crippen LogP contribution in [0.15, 0.2) is 18.2 Å². The zero-order chi connectivity index (χ0) is 19.3. The third-order valence-electron chi connectivity index (χ3n) is 5.03. The van der Waals surface area contributed by atoms with Gasteiger partial charge in [-0.2, -0.15) is 0 Å². The Morgan fingerprint density at radius 1 is 1.46 bits per heavy atom. The maximum Gasteiger partial charge on any atom is 0.306 e. The van der Waals surface area contributed by atoms with E-state index >= 15 is 0 Å². The fourth-order valence-electron chi connectivity index (χ4n) is 3.59. The van der Waals surface area contributed by atoms with Crippen molar-refractivity contribution in [2.45, 2.75) is 56.6 Å². The fraction of sp³-hybridized carbons (Fsp3) is 0.632. The summed E-state index contributed by atoms with van der Waals surface area (Å²) in [6, 6.07) is 5.94. The highest BCUT2D eigenvalue weighted by Crippen LogP contribution is 2.38. The number of anilines is 2. The Labute approximate surface area is 159 Å². The molecule has 0 amide bonds. The first kappa shape index (κ1) is 20.9. The van der Waals surface area contributed by atoms with Crippen LogP contribution in [0.4, 0.5) is 11.4 Å². The van der Waals surface area contributed by atoms with Crippen molar-refractivity contribution in [2.75, 3.05) is 30.0 Å². The zero-order valence-corrected chi connectivity index (χ0v) is 16.6. The van der Waals surface area contributed by atoms with Gasteiger partial charge in [-0.1, -0.05) is 24.8 Å². The molecule has 26 heavy (non-hydrogen) atoms. The number of nitrogens with zero attached hydrogens (tertiary/aromatic N) is 1. The van der Waals surface area contributed by atoms with Crippen molar-refractivity contribution >= 4 is 29.1 Å². The van der Waals surface area contributed by atoms with Crippen LogP contribution in [-0.4, -0.2) is 46.8 Å².